The van der Waals surface area contributed by atoms with Crippen molar-refractivity contribution in [1.82, 2.24) is 0 Å². The second-order valence-electron chi connectivity index (χ2n) is 4.90. The number of halogens is 2. The molecule has 1 atom stereocenters. The number of benzene rings is 2. The molecule has 3 nitrogen and oxygen atoms in total. The summed E-state index contributed by atoms with van der Waals surface area (Å²) in [5.41, 5.74) is 1.79. The largest absolute Gasteiger partial charge is 0.486 e. The van der Waals surface area contributed by atoms with E-state index in [4.69, 9.17) is 9.47 Å². The van der Waals surface area contributed by atoms with Crippen LogP contribution in [0.2, 0.25) is 0 Å². The molecule has 0 saturated heterocycles. The number of anilines is 1. The first-order valence-corrected chi connectivity index (χ1v) is 7.54. The molecule has 5 heteroatoms. The molecule has 2 aromatic carbocycles. The monoisotopic (exact) mass is 351 g/mol. The van der Waals surface area contributed by atoms with E-state index >= 15 is 0 Å². The van der Waals surface area contributed by atoms with Crippen molar-refractivity contribution in [2.45, 2.75) is 13.0 Å². The van der Waals surface area contributed by atoms with Gasteiger partial charge in [0.2, 0.25) is 0 Å². The van der Waals surface area contributed by atoms with Gasteiger partial charge in [0.1, 0.15) is 19.0 Å². The summed E-state index contributed by atoms with van der Waals surface area (Å²) in [7, 11) is 0. The molecular weight excluding hydrogens is 337 g/mol. The molecular formula is C16H15BrFNO2. The Labute approximate surface area is 131 Å². The van der Waals surface area contributed by atoms with Gasteiger partial charge in [0, 0.05) is 11.7 Å². The summed E-state index contributed by atoms with van der Waals surface area (Å²) >= 11 is 3.15. The fourth-order valence-electron chi connectivity index (χ4n) is 2.25. The zero-order valence-corrected chi connectivity index (χ0v) is 13.1. The van der Waals surface area contributed by atoms with E-state index in [0.717, 1.165) is 22.7 Å². The Kier molecular flexibility index (Phi) is 4.01. The highest BCUT2D eigenvalue weighted by Gasteiger charge is 2.14. The van der Waals surface area contributed by atoms with Gasteiger partial charge in [-0.15, -0.1) is 0 Å². The van der Waals surface area contributed by atoms with Gasteiger partial charge < -0.3 is 14.8 Å². The van der Waals surface area contributed by atoms with Crippen LogP contribution in [-0.2, 0) is 0 Å². The summed E-state index contributed by atoms with van der Waals surface area (Å²) in [5.74, 6) is 1.25. The van der Waals surface area contributed by atoms with Crippen LogP contribution in [0, 0.1) is 5.82 Å². The Morgan fingerprint density at radius 1 is 1.10 bits per heavy atom. The van der Waals surface area contributed by atoms with E-state index in [-0.39, 0.29) is 11.9 Å². The molecule has 0 aromatic heterocycles. The lowest BCUT2D eigenvalue weighted by molar-refractivity contribution is 0.171. The zero-order valence-electron chi connectivity index (χ0n) is 11.5. The lowest BCUT2D eigenvalue weighted by Gasteiger charge is -2.21. The fourth-order valence-corrected chi connectivity index (χ4v) is 2.50. The number of ether oxygens (including phenoxy) is 2. The van der Waals surface area contributed by atoms with Gasteiger partial charge in [0.05, 0.1) is 4.47 Å². The number of hydrogen-bond acceptors (Lipinski definition) is 3. The molecule has 1 aliphatic heterocycles. The molecule has 0 aliphatic carbocycles. The third-order valence-corrected chi connectivity index (χ3v) is 4.01. The normalized spacial score (nSPS) is 14.6. The zero-order chi connectivity index (χ0) is 14.8. The minimum atomic E-state index is -0.283. The van der Waals surface area contributed by atoms with Crippen LogP contribution in [0.25, 0.3) is 0 Å². The molecule has 21 heavy (non-hydrogen) atoms. The Bertz CT molecular complexity index is 663. The van der Waals surface area contributed by atoms with E-state index in [1.807, 2.05) is 31.2 Å². The van der Waals surface area contributed by atoms with Crippen molar-refractivity contribution in [3.63, 3.8) is 0 Å². The van der Waals surface area contributed by atoms with Crippen molar-refractivity contribution < 1.29 is 13.9 Å². The second kappa shape index (κ2) is 5.93. The molecule has 0 fully saturated rings. The van der Waals surface area contributed by atoms with E-state index in [0.29, 0.717) is 17.7 Å². The van der Waals surface area contributed by atoms with Crippen molar-refractivity contribution in [3.8, 4) is 11.5 Å². The van der Waals surface area contributed by atoms with Gasteiger partial charge in [-0.25, -0.2) is 4.39 Å². The van der Waals surface area contributed by atoms with Crippen LogP contribution in [0.5, 0.6) is 11.5 Å². The molecule has 0 bridgehead atoms. The number of hydrogen-bond donors (Lipinski definition) is 1. The molecule has 1 N–H and O–H groups in total. The summed E-state index contributed by atoms with van der Waals surface area (Å²) in [6.07, 6.45) is 0. The summed E-state index contributed by atoms with van der Waals surface area (Å²) in [4.78, 5) is 0. The van der Waals surface area contributed by atoms with Crippen molar-refractivity contribution in [1.29, 1.82) is 0 Å². The molecule has 1 unspecified atom stereocenters. The highest BCUT2D eigenvalue weighted by Crippen LogP contribution is 2.33. The molecule has 1 aliphatic rings. The molecule has 3 rings (SSSR count). The predicted octanol–water partition coefficient (Wildman–Crippen LogP) is 4.53. The Balaban J connectivity index is 1.78. The van der Waals surface area contributed by atoms with Crippen LogP contribution in [-0.4, -0.2) is 13.2 Å². The standard InChI is InChI=1S/C16H15BrFNO2/c1-10(19-12-3-4-13(17)14(18)9-12)11-2-5-15-16(8-11)21-7-6-20-15/h2-5,8-10,19H,6-7H2,1H3. The summed E-state index contributed by atoms with van der Waals surface area (Å²) < 4.78 is 25.1. The Morgan fingerprint density at radius 2 is 1.86 bits per heavy atom. The molecule has 0 spiro atoms. The topological polar surface area (TPSA) is 30.5 Å². The van der Waals surface area contributed by atoms with Gasteiger partial charge in [-0.3, -0.25) is 0 Å². The quantitative estimate of drug-likeness (QED) is 0.880. The molecule has 2 aromatic rings. The van der Waals surface area contributed by atoms with Crippen LogP contribution in [0.1, 0.15) is 18.5 Å². The van der Waals surface area contributed by atoms with Gasteiger partial charge in [0.15, 0.2) is 11.5 Å². The van der Waals surface area contributed by atoms with Gasteiger partial charge >= 0.3 is 0 Å². The maximum atomic E-state index is 13.5. The lowest BCUT2D eigenvalue weighted by Crippen LogP contribution is -2.16. The van der Waals surface area contributed by atoms with E-state index in [1.54, 1.807) is 6.07 Å². The fraction of sp³-hybridized carbons (Fsp3) is 0.250. The highest BCUT2D eigenvalue weighted by atomic mass is 79.9. The summed E-state index contributed by atoms with van der Waals surface area (Å²) in [5, 5.41) is 3.28. The van der Waals surface area contributed by atoms with Gasteiger partial charge in [-0.05, 0) is 58.7 Å². The molecule has 0 amide bonds. The molecule has 0 saturated carbocycles. The van der Waals surface area contributed by atoms with Crippen LogP contribution < -0.4 is 14.8 Å². The van der Waals surface area contributed by atoms with Gasteiger partial charge in [-0.2, -0.15) is 0 Å². The van der Waals surface area contributed by atoms with Crippen molar-refractivity contribution >= 4 is 21.6 Å². The average molecular weight is 352 g/mol. The number of fused-ring (bicyclic) bond motifs is 1. The Hall–Kier alpha value is -1.75. The first-order chi connectivity index (χ1) is 10.1. The van der Waals surface area contributed by atoms with Crippen LogP contribution >= 0.6 is 15.9 Å². The van der Waals surface area contributed by atoms with Crippen molar-refractivity contribution in [3.05, 3.63) is 52.3 Å². The first-order valence-electron chi connectivity index (χ1n) is 6.74. The van der Waals surface area contributed by atoms with E-state index in [1.165, 1.54) is 6.07 Å². The van der Waals surface area contributed by atoms with Crippen molar-refractivity contribution in [2.24, 2.45) is 0 Å². The van der Waals surface area contributed by atoms with Crippen LogP contribution in [0.4, 0.5) is 10.1 Å². The maximum absolute atomic E-state index is 13.5. The summed E-state index contributed by atoms with van der Waals surface area (Å²) in [6.45, 7) is 3.17. The SMILES string of the molecule is CC(Nc1ccc(Br)c(F)c1)c1ccc2c(c1)OCCO2. The average Bonchev–Trinajstić information content (AvgIpc) is 2.50. The highest BCUT2D eigenvalue weighted by molar-refractivity contribution is 9.10. The van der Waals surface area contributed by atoms with Gasteiger partial charge in [-0.1, -0.05) is 6.07 Å². The minimum absolute atomic E-state index is 0.0291. The predicted molar refractivity (Wildman–Crippen MR) is 83.6 cm³/mol. The molecule has 1 heterocycles. The van der Waals surface area contributed by atoms with E-state index in [9.17, 15) is 4.39 Å². The number of nitrogens with one attached hydrogen (secondary N) is 1. The van der Waals surface area contributed by atoms with Crippen LogP contribution in [0.3, 0.4) is 0 Å². The third kappa shape index (κ3) is 3.13. The van der Waals surface area contributed by atoms with Crippen molar-refractivity contribution in [2.75, 3.05) is 18.5 Å². The third-order valence-electron chi connectivity index (χ3n) is 3.37. The smallest absolute Gasteiger partial charge is 0.161 e. The van der Waals surface area contributed by atoms with Crippen LogP contribution in [0.15, 0.2) is 40.9 Å². The summed E-state index contributed by atoms with van der Waals surface area (Å²) in [6, 6.07) is 10.9. The molecule has 110 valence electrons. The number of rotatable bonds is 3. The molecule has 0 radical (unpaired) electrons. The minimum Gasteiger partial charge on any atom is -0.486 e. The van der Waals surface area contributed by atoms with E-state index < -0.39 is 0 Å². The van der Waals surface area contributed by atoms with Gasteiger partial charge in [0.25, 0.3) is 0 Å². The second-order valence-corrected chi connectivity index (χ2v) is 5.75. The maximum Gasteiger partial charge on any atom is 0.161 e. The Morgan fingerprint density at radius 3 is 2.62 bits per heavy atom. The first kappa shape index (κ1) is 14.2. The lowest BCUT2D eigenvalue weighted by atomic mass is 10.1. The van der Waals surface area contributed by atoms with E-state index in [2.05, 4.69) is 21.2 Å².